The topological polar surface area (TPSA) is 32.3 Å². The summed E-state index contributed by atoms with van der Waals surface area (Å²) in [7, 11) is 1.72. The number of halogens is 3. The first kappa shape index (κ1) is 15.7. The van der Waals surface area contributed by atoms with Gasteiger partial charge in [-0.25, -0.2) is 0 Å². The molecule has 1 amide bonds. The van der Waals surface area contributed by atoms with Gasteiger partial charge in [0.2, 0.25) is 0 Å². The Labute approximate surface area is 122 Å². The van der Waals surface area contributed by atoms with Crippen LogP contribution in [0.1, 0.15) is 28.8 Å². The summed E-state index contributed by atoms with van der Waals surface area (Å²) in [5, 5.41) is 2.96. The van der Waals surface area contributed by atoms with Gasteiger partial charge >= 0.3 is 6.18 Å². The van der Waals surface area contributed by atoms with E-state index in [0.29, 0.717) is 11.3 Å². The summed E-state index contributed by atoms with van der Waals surface area (Å²) in [5.41, 5.74) is 2.23. The summed E-state index contributed by atoms with van der Waals surface area (Å²) in [6, 6.07) is 5.41. The maximum absolute atomic E-state index is 12.6. The Kier molecular flexibility index (Phi) is 4.44. The van der Waals surface area contributed by atoms with Gasteiger partial charge in [0.15, 0.2) is 0 Å². The number of piperidine rings is 1. The maximum Gasteiger partial charge on any atom is 0.391 e. The Morgan fingerprint density at radius 3 is 2.43 bits per heavy atom. The number of hydrogen-bond donors (Lipinski definition) is 1. The summed E-state index contributed by atoms with van der Waals surface area (Å²) in [6.45, 7) is 2.23. The van der Waals surface area contributed by atoms with E-state index in [2.05, 4.69) is 5.32 Å². The summed E-state index contributed by atoms with van der Waals surface area (Å²) in [5.74, 6) is -1.50. The van der Waals surface area contributed by atoms with Crippen molar-refractivity contribution in [1.82, 2.24) is 4.90 Å². The third kappa shape index (κ3) is 3.49. The first-order valence-electron chi connectivity index (χ1n) is 6.97. The predicted octanol–water partition coefficient (Wildman–Crippen LogP) is 3.45. The monoisotopic (exact) mass is 300 g/mol. The number of carbonyl (C=O) groups excluding carboxylic acids is 1. The van der Waals surface area contributed by atoms with Crippen LogP contribution >= 0.6 is 0 Å². The van der Waals surface area contributed by atoms with Gasteiger partial charge < -0.3 is 10.2 Å². The summed E-state index contributed by atoms with van der Waals surface area (Å²) < 4.78 is 37.9. The average Bonchev–Trinajstić information content (AvgIpc) is 2.45. The third-order valence-corrected chi connectivity index (χ3v) is 3.92. The van der Waals surface area contributed by atoms with E-state index in [9.17, 15) is 18.0 Å². The standard InChI is InChI=1S/C15H19F3N2O/c1-10-3-4-12(13(9-10)19-2)14(21)20-7-5-11(6-8-20)15(16,17)18/h3-4,9,11,19H,5-8H2,1-2H3. The minimum absolute atomic E-state index is 0.0179. The average molecular weight is 300 g/mol. The zero-order chi connectivity index (χ0) is 15.6. The highest BCUT2D eigenvalue weighted by Gasteiger charge is 2.41. The molecule has 2 rings (SSSR count). The number of alkyl halides is 3. The van der Waals surface area contributed by atoms with Crippen molar-refractivity contribution in [3.8, 4) is 0 Å². The van der Waals surface area contributed by atoms with Gasteiger partial charge in [0.05, 0.1) is 11.5 Å². The number of hydrogen-bond acceptors (Lipinski definition) is 2. The quantitative estimate of drug-likeness (QED) is 0.907. The highest BCUT2D eigenvalue weighted by molar-refractivity contribution is 5.99. The molecule has 116 valence electrons. The minimum Gasteiger partial charge on any atom is -0.387 e. The molecular formula is C15H19F3N2O. The van der Waals surface area contributed by atoms with E-state index in [0.717, 1.165) is 5.56 Å². The Morgan fingerprint density at radius 2 is 1.90 bits per heavy atom. The molecule has 1 aromatic rings. The van der Waals surface area contributed by atoms with Crippen molar-refractivity contribution in [3.63, 3.8) is 0 Å². The van der Waals surface area contributed by atoms with Gasteiger partial charge in [-0.3, -0.25) is 4.79 Å². The molecule has 1 aromatic carbocycles. The van der Waals surface area contributed by atoms with Crippen LogP contribution in [0.3, 0.4) is 0 Å². The molecule has 0 unspecified atom stereocenters. The maximum atomic E-state index is 12.6. The number of anilines is 1. The van der Waals surface area contributed by atoms with Crippen molar-refractivity contribution in [1.29, 1.82) is 0 Å². The minimum atomic E-state index is -4.16. The lowest BCUT2D eigenvalue weighted by atomic mass is 9.95. The fraction of sp³-hybridized carbons (Fsp3) is 0.533. The van der Waals surface area contributed by atoms with Crippen LogP contribution in [0.15, 0.2) is 18.2 Å². The number of nitrogens with zero attached hydrogens (tertiary/aromatic N) is 1. The van der Waals surface area contributed by atoms with E-state index in [1.54, 1.807) is 13.1 Å². The number of carbonyl (C=O) groups is 1. The SMILES string of the molecule is CNc1cc(C)ccc1C(=O)N1CCC(C(F)(F)F)CC1. The lowest BCUT2D eigenvalue weighted by molar-refractivity contribution is -0.183. The summed E-state index contributed by atoms with van der Waals surface area (Å²) >= 11 is 0. The second-order valence-electron chi connectivity index (χ2n) is 5.41. The Morgan fingerprint density at radius 1 is 1.29 bits per heavy atom. The van der Waals surface area contributed by atoms with Crippen LogP contribution in [-0.2, 0) is 0 Å². The van der Waals surface area contributed by atoms with Gasteiger partial charge in [0, 0.05) is 25.8 Å². The van der Waals surface area contributed by atoms with Crippen molar-refractivity contribution in [2.24, 2.45) is 5.92 Å². The molecule has 1 heterocycles. The summed E-state index contributed by atoms with van der Waals surface area (Å²) in [4.78, 5) is 14.0. The highest BCUT2D eigenvalue weighted by Crippen LogP contribution is 2.34. The van der Waals surface area contributed by atoms with Gasteiger partial charge in [0.25, 0.3) is 5.91 Å². The van der Waals surface area contributed by atoms with Crippen molar-refractivity contribution < 1.29 is 18.0 Å². The molecular weight excluding hydrogens is 281 g/mol. The first-order valence-corrected chi connectivity index (χ1v) is 6.97. The third-order valence-electron chi connectivity index (χ3n) is 3.92. The van der Waals surface area contributed by atoms with Crippen molar-refractivity contribution >= 4 is 11.6 Å². The zero-order valence-corrected chi connectivity index (χ0v) is 12.1. The number of likely N-dealkylation sites (tertiary alicyclic amines) is 1. The molecule has 1 aliphatic rings. The van der Waals surface area contributed by atoms with Crippen molar-refractivity contribution in [3.05, 3.63) is 29.3 Å². The van der Waals surface area contributed by atoms with Crippen molar-refractivity contribution in [2.75, 3.05) is 25.5 Å². The van der Waals surface area contributed by atoms with Crippen LogP contribution in [0.25, 0.3) is 0 Å². The van der Waals surface area contributed by atoms with Gasteiger partial charge in [-0.2, -0.15) is 13.2 Å². The molecule has 0 aliphatic carbocycles. The van der Waals surface area contributed by atoms with Gasteiger partial charge in [-0.15, -0.1) is 0 Å². The normalized spacial score (nSPS) is 16.9. The number of amides is 1. The number of benzene rings is 1. The Bertz CT molecular complexity index is 520. The van der Waals surface area contributed by atoms with Crippen LogP contribution in [0.5, 0.6) is 0 Å². The molecule has 21 heavy (non-hydrogen) atoms. The summed E-state index contributed by atoms with van der Waals surface area (Å²) in [6.07, 6.45) is -4.19. The molecule has 0 saturated carbocycles. The van der Waals surface area contributed by atoms with E-state index >= 15 is 0 Å². The van der Waals surface area contributed by atoms with E-state index in [4.69, 9.17) is 0 Å². The van der Waals surface area contributed by atoms with Crippen LogP contribution < -0.4 is 5.32 Å². The Hall–Kier alpha value is -1.72. The van der Waals surface area contributed by atoms with Crippen LogP contribution in [0.2, 0.25) is 0 Å². The second kappa shape index (κ2) is 5.95. The van der Waals surface area contributed by atoms with Gasteiger partial charge in [-0.05, 0) is 37.5 Å². The van der Waals surface area contributed by atoms with Crippen LogP contribution in [0, 0.1) is 12.8 Å². The fourth-order valence-electron chi connectivity index (χ4n) is 2.63. The zero-order valence-electron chi connectivity index (χ0n) is 12.1. The van der Waals surface area contributed by atoms with E-state index in [1.807, 2.05) is 19.1 Å². The molecule has 0 bridgehead atoms. The number of aryl methyl sites for hydroxylation is 1. The molecule has 6 heteroatoms. The van der Waals surface area contributed by atoms with E-state index < -0.39 is 12.1 Å². The van der Waals surface area contributed by atoms with E-state index in [1.165, 1.54) is 4.90 Å². The number of rotatable bonds is 2. The molecule has 0 atom stereocenters. The van der Waals surface area contributed by atoms with Crippen LogP contribution in [0.4, 0.5) is 18.9 Å². The van der Waals surface area contributed by atoms with Crippen LogP contribution in [-0.4, -0.2) is 37.1 Å². The lowest BCUT2D eigenvalue weighted by Gasteiger charge is -2.33. The molecule has 0 aromatic heterocycles. The van der Waals surface area contributed by atoms with E-state index in [-0.39, 0.29) is 31.8 Å². The molecule has 0 radical (unpaired) electrons. The molecule has 1 saturated heterocycles. The van der Waals surface area contributed by atoms with Gasteiger partial charge in [0.1, 0.15) is 0 Å². The lowest BCUT2D eigenvalue weighted by Crippen LogP contribution is -2.42. The molecule has 1 aliphatic heterocycles. The van der Waals surface area contributed by atoms with Crippen molar-refractivity contribution in [2.45, 2.75) is 25.9 Å². The first-order chi connectivity index (χ1) is 9.82. The highest BCUT2D eigenvalue weighted by atomic mass is 19.4. The molecule has 3 nitrogen and oxygen atoms in total. The molecule has 1 N–H and O–H groups in total. The molecule has 1 fully saturated rings. The Balaban J connectivity index is 2.09. The molecule has 0 spiro atoms. The smallest absolute Gasteiger partial charge is 0.387 e. The predicted molar refractivity (Wildman–Crippen MR) is 75.4 cm³/mol. The number of nitrogens with one attached hydrogen (secondary N) is 1. The van der Waals surface area contributed by atoms with Gasteiger partial charge in [-0.1, -0.05) is 6.07 Å². The second-order valence-corrected chi connectivity index (χ2v) is 5.41. The largest absolute Gasteiger partial charge is 0.391 e. The fourth-order valence-corrected chi connectivity index (χ4v) is 2.63.